The highest BCUT2D eigenvalue weighted by Crippen LogP contribution is 2.31. The molecule has 128 valence electrons. The molecule has 1 heterocycles. The van der Waals surface area contributed by atoms with Crippen LogP contribution in [-0.4, -0.2) is 49.1 Å². The maximum Gasteiger partial charge on any atom is 0.305 e. The fourth-order valence-corrected chi connectivity index (χ4v) is 2.30. The topological polar surface area (TPSA) is 137 Å². The molecule has 1 rings (SSSR count). The van der Waals surface area contributed by atoms with E-state index in [1.54, 1.807) is 6.92 Å². The fourth-order valence-electron chi connectivity index (χ4n) is 2.30. The molecule has 10 nitrogen and oxygen atoms in total. The maximum atomic E-state index is 11.3. The second-order valence-corrected chi connectivity index (χ2v) is 5.07. The van der Waals surface area contributed by atoms with Crippen LogP contribution in [0.5, 0.6) is 0 Å². The molecule has 1 saturated heterocycles. The van der Waals surface area contributed by atoms with E-state index in [9.17, 15) is 14.4 Å². The Balaban J connectivity index is 3.11. The Hall–Kier alpha value is -2.32. The van der Waals surface area contributed by atoms with Crippen LogP contribution in [0.25, 0.3) is 10.4 Å². The summed E-state index contributed by atoms with van der Waals surface area (Å²) >= 11 is 0. The molecule has 0 aliphatic carbocycles. The van der Waals surface area contributed by atoms with E-state index in [4.69, 9.17) is 24.5 Å². The third-order valence-corrected chi connectivity index (χ3v) is 3.22. The molecule has 0 aromatic heterocycles. The third-order valence-electron chi connectivity index (χ3n) is 3.22. The SMILES string of the molecule is CC(=O)OC1OC(CN=[N+]=[N-])C(C)C(OC(C)=O)C1OC(C)=O. The van der Waals surface area contributed by atoms with Crippen LogP contribution in [0.4, 0.5) is 0 Å². The first-order chi connectivity index (χ1) is 10.8. The molecular formula is C13H19N3O7. The van der Waals surface area contributed by atoms with Gasteiger partial charge in [-0.25, -0.2) is 0 Å². The Bertz CT molecular complexity index is 518. The number of nitrogens with zero attached hydrogens (tertiary/aromatic N) is 3. The Labute approximate surface area is 132 Å². The number of ether oxygens (including phenoxy) is 4. The van der Waals surface area contributed by atoms with Crippen molar-refractivity contribution in [2.45, 2.75) is 52.3 Å². The Morgan fingerprint density at radius 2 is 1.57 bits per heavy atom. The van der Waals surface area contributed by atoms with Gasteiger partial charge in [-0.1, -0.05) is 12.0 Å². The smallest absolute Gasteiger partial charge is 0.305 e. The Morgan fingerprint density at radius 3 is 2.04 bits per heavy atom. The Kier molecular flexibility index (Phi) is 6.80. The summed E-state index contributed by atoms with van der Waals surface area (Å²) in [7, 11) is 0. The van der Waals surface area contributed by atoms with Crippen LogP contribution in [0, 0.1) is 5.92 Å². The highest BCUT2D eigenvalue weighted by Gasteiger charge is 2.49. The van der Waals surface area contributed by atoms with Crippen LogP contribution in [0.1, 0.15) is 27.7 Å². The molecule has 0 bridgehead atoms. The lowest BCUT2D eigenvalue weighted by molar-refractivity contribution is -0.279. The largest absolute Gasteiger partial charge is 0.458 e. The predicted molar refractivity (Wildman–Crippen MR) is 74.7 cm³/mol. The summed E-state index contributed by atoms with van der Waals surface area (Å²) < 4.78 is 20.9. The van der Waals surface area contributed by atoms with Crippen LogP contribution in [0.15, 0.2) is 5.11 Å². The van der Waals surface area contributed by atoms with Crippen molar-refractivity contribution >= 4 is 17.9 Å². The minimum atomic E-state index is -1.27. The van der Waals surface area contributed by atoms with Gasteiger partial charge in [0.15, 0.2) is 0 Å². The van der Waals surface area contributed by atoms with E-state index in [1.807, 2.05) is 0 Å². The fraction of sp³-hybridized carbons (Fsp3) is 0.769. The summed E-state index contributed by atoms with van der Waals surface area (Å²) in [6.45, 7) is 5.17. The first-order valence-corrected chi connectivity index (χ1v) is 6.94. The second-order valence-electron chi connectivity index (χ2n) is 5.07. The van der Waals surface area contributed by atoms with Gasteiger partial charge in [-0.2, -0.15) is 0 Å². The third kappa shape index (κ3) is 5.42. The van der Waals surface area contributed by atoms with Crippen LogP contribution in [0.2, 0.25) is 0 Å². The highest BCUT2D eigenvalue weighted by atomic mass is 16.7. The molecule has 0 radical (unpaired) electrons. The molecule has 23 heavy (non-hydrogen) atoms. The van der Waals surface area contributed by atoms with E-state index in [-0.39, 0.29) is 6.54 Å². The minimum absolute atomic E-state index is 0.0556. The molecule has 1 fully saturated rings. The van der Waals surface area contributed by atoms with Gasteiger partial charge in [0.25, 0.3) is 0 Å². The van der Waals surface area contributed by atoms with E-state index in [0.29, 0.717) is 0 Å². The van der Waals surface area contributed by atoms with E-state index in [0.717, 1.165) is 6.92 Å². The van der Waals surface area contributed by atoms with Crippen molar-refractivity contribution in [1.29, 1.82) is 0 Å². The van der Waals surface area contributed by atoms with E-state index in [1.165, 1.54) is 13.8 Å². The van der Waals surface area contributed by atoms with E-state index in [2.05, 4.69) is 10.0 Å². The van der Waals surface area contributed by atoms with Gasteiger partial charge in [-0.15, -0.1) is 0 Å². The number of esters is 3. The molecule has 0 N–H and O–H groups in total. The van der Waals surface area contributed by atoms with Crippen molar-refractivity contribution in [3.05, 3.63) is 10.4 Å². The molecule has 1 aliphatic heterocycles. The summed E-state index contributed by atoms with van der Waals surface area (Å²) in [5.74, 6) is -2.36. The quantitative estimate of drug-likeness (QED) is 0.242. The van der Waals surface area contributed by atoms with Crippen molar-refractivity contribution in [1.82, 2.24) is 0 Å². The van der Waals surface area contributed by atoms with Crippen LogP contribution >= 0.6 is 0 Å². The molecule has 1 aliphatic rings. The Morgan fingerprint density at radius 1 is 1.04 bits per heavy atom. The summed E-state index contributed by atoms with van der Waals surface area (Å²) in [4.78, 5) is 36.5. The van der Waals surface area contributed by atoms with E-state index < -0.39 is 48.4 Å². The summed E-state index contributed by atoms with van der Waals surface area (Å²) in [6, 6.07) is 0. The van der Waals surface area contributed by atoms with Gasteiger partial charge in [0, 0.05) is 31.6 Å². The lowest BCUT2D eigenvalue weighted by atomic mass is 9.90. The van der Waals surface area contributed by atoms with Gasteiger partial charge in [0.05, 0.1) is 12.6 Å². The molecule has 0 saturated carbocycles. The van der Waals surface area contributed by atoms with Crippen LogP contribution < -0.4 is 0 Å². The number of hydrogen-bond acceptors (Lipinski definition) is 8. The standard InChI is InChI=1S/C13H19N3O7/c1-6-10(5-15-16-14)23-13(22-9(4)19)12(21-8(3)18)11(6)20-7(2)17/h6,10-13H,5H2,1-4H3. The number of rotatable bonds is 5. The number of carbonyl (C=O) groups is 3. The molecule has 5 unspecified atom stereocenters. The number of azide groups is 1. The van der Waals surface area contributed by atoms with Gasteiger partial charge in [-0.05, 0) is 5.53 Å². The lowest BCUT2D eigenvalue weighted by Crippen LogP contribution is -2.58. The highest BCUT2D eigenvalue weighted by molar-refractivity contribution is 5.68. The minimum Gasteiger partial charge on any atom is -0.458 e. The van der Waals surface area contributed by atoms with Gasteiger partial charge < -0.3 is 18.9 Å². The first kappa shape index (κ1) is 18.7. The molecule has 0 aromatic rings. The first-order valence-electron chi connectivity index (χ1n) is 6.94. The van der Waals surface area contributed by atoms with Gasteiger partial charge in [0.1, 0.15) is 6.10 Å². The van der Waals surface area contributed by atoms with Crippen molar-refractivity contribution in [3.63, 3.8) is 0 Å². The van der Waals surface area contributed by atoms with Gasteiger partial charge >= 0.3 is 17.9 Å². The summed E-state index contributed by atoms with van der Waals surface area (Å²) in [5, 5.41) is 3.43. The molecule has 0 spiro atoms. The van der Waals surface area contributed by atoms with Crippen LogP contribution in [0.3, 0.4) is 0 Å². The normalized spacial score (nSPS) is 29.8. The van der Waals surface area contributed by atoms with Crippen molar-refractivity contribution in [3.8, 4) is 0 Å². The number of carbonyl (C=O) groups excluding carboxylic acids is 3. The zero-order valence-electron chi connectivity index (χ0n) is 13.3. The van der Waals surface area contributed by atoms with Crippen molar-refractivity contribution < 1.29 is 33.3 Å². The second kappa shape index (κ2) is 8.35. The molecule has 5 atom stereocenters. The van der Waals surface area contributed by atoms with E-state index >= 15 is 0 Å². The zero-order chi connectivity index (χ0) is 17.6. The molecule has 0 amide bonds. The summed E-state index contributed by atoms with van der Waals surface area (Å²) in [5.41, 5.74) is 8.44. The van der Waals surface area contributed by atoms with Crippen LogP contribution in [-0.2, 0) is 33.3 Å². The number of hydrogen-bond donors (Lipinski definition) is 0. The van der Waals surface area contributed by atoms with Crippen molar-refractivity contribution in [2.75, 3.05) is 6.54 Å². The molecular weight excluding hydrogens is 310 g/mol. The molecule has 10 heteroatoms. The average molecular weight is 329 g/mol. The van der Waals surface area contributed by atoms with Gasteiger partial charge in [0.2, 0.25) is 12.4 Å². The average Bonchev–Trinajstić information content (AvgIpc) is 2.43. The summed E-state index contributed by atoms with van der Waals surface area (Å²) in [6.07, 6.45) is -3.96. The predicted octanol–water partition coefficient (Wildman–Crippen LogP) is 1.08. The monoisotopic (exact) mass is 329 g/mol. The maximum absolute atomic E-state index is 11.3. The molecule has 0 aromatic carbocycles. The van der Waals surface area contributed by atoms with Gasteiger partial charge in [-0.3, -0.25) is 14.4 Å². The zero-order valence-corrected chi connectivity index (χ0v) is 13.3. The lowest BCUT2D eigenvalue weighted by Gasteiger charge is -2.43. The van der Waals surface area contributed by atoms with Crippen molar-refractivity contribution in [2.24, 2.45) is 11.0 Å².